The number of nitrogens with zero attached hydrogens (tertiary/aromatic N) is 3. The van der Waals surface area contributed by atoms with Crippen LogP contribution in [0.1, 0.15) is 22.3 Å². The van der Waals surface area contributed by atoms with Gasteiger partial charge in [0, 0.05) is 22.4 Å². The average Bonchev–Trinajstić information content (AvgIpc) is 3.59. The first-order valence-electron chi connectivity index (χ1n) is 12.2. The second-order valence-electron chi connectivity index (χ2n) is 9.78. The highest BCUT2D eigenvalue weighted by Crippen LogP contribution is 2.49. The van der Waals surface area contributed by atoms with Crippen molar-refractivity contribution in [3.8, 4) is 22.3 Å². The van der Waals surface area contributed by atoms with Crippen LogP contribution in [0.4, 0.5) is 0 Å². The summed E-state index contributed by atoms with van der Waals surface area (Å²) in [7, 11) is 0. The number of para-hydroxylation sites is 2. The highest BCUT2D eigenvalue weighted by molar-refractivity contribution is 6.20. The summed E-state index contributed by atoms with van der Waals surface area (Å²) in [5.41, 5.74) is 15.4. The number of hydrogen-bond donors (Lipinski definition) is 0. The van der Waals surface area contributed by atoms with Crippen molar-refractivity contribution >= 4 is 38.5 Å². The van der Waals surface area contributed by atoms with Crippen molar-refractivity contribution in [2.75, 3.05) is 0 Å². The fourth-order valence-electron chi connectivity index (χ4n) is 6.66. The second-order valence-corrected chi connectivity index (χ2v) is 9.78. The zero-order valence-corrected chi connectivity index (χ0v) is 18.9. The molecule has 0 saturated carbocycles. The molecule has 7 aromatic rings. The van der Waals surface area contributed by atoms with Gasteiger partial charge in [-0.2, -0.15) is 0 Å². The molecule has 0 saturated heterocycles. The van der Waals surface area contributed by atoms with E-state index >= 15 is 0 Å². The molecule has 0 bridgehead atoms. The number of imidazole rings is 1. The van der Waals surface area contributed by atoms with E-state index in [1.807, 2.05) is 6.20 Å². The number of hydrogen-bond acceptors (Lipinski definition) is 2. The molecule has 3 nitrogen and oxygen atoms in total. The van der Waals surface area contributed by atoms with E-state index in [1.54, 1.807) is 0 Å². The topological polar surface area (TPSA) is 30.2 Å². The molecule has 0 atom stereocenters. The lowest BCUT2D eigenvalue weighted by Crippen LogP contribution is -1.95. The first-order valence-corrected chi connectivity index (χ1v) is 12.2. The van der Waals surface area contributed by atoms with E-state index in [1.165, 1.54) is 60.7 Å². The third-order valence-corrected chi connectivity index (χ3v) is 8.10. The molecule has 0 unspecified atom stereocenters. The van der Waals surface area contributed by atoms with E-state index < -0.39 is 0 Å². The molecule has 0 amide bonds. The monoisotopic (exact) mass is 445 g/mol. The van der Waals surface area contributed by atoms with Gasteiger partial charge in [0.2, 0.25) is 0 Å². The summed E-state index contributed by atoms with van der Waals surface area (Å²) in [6.45, 7) is 0. The molecule has 0 aliphatic heterocycles. The Bertz CT molecular complexity index is 2060. The van der Waals surface area contributed by atoms with Gasteiger partial charge in [0.05, 0.1) is 11.0 Å². The fraction of sp³-hybridized carbons (Fsp3) is 0.0625. The lowest BCUT2D eigenvalue weighted by atomic mass is 9.94. The summed E-state index contributed by atoms with van der Waals surface area (Å²) in [5, 5.41) is 3.66. The minimum Gasteiger partial charge on any atom is -0.276 e. The van der Waals surface area contributed by atoms with Crippen molar-refractivity contribution in [1.82, 2.24) is 14.4 Å². The quantitative estimate of drug-likeness (QED) is 0.229. The predicted molar refractivity (Wildman–Crippen MR) is 142 cm³/mol. The van der Waals surface area contributed by atoms with Crippen molar-refractivity contribution in [2.45, 2.75) is 12.8 Å². The highest BCUT2D eigenvalue weighted by atomic mass is 15.1. The van der Waals surface area contributed by atoms with Gasteiger partial charge in [0.15, 0.2) is 0 Å². The zero-order chi connectivity index (χ0) is 22.7. The van der Waals surface area contributed by atoms with Crippen molar-refractivity contribution in [3.63, 3.8) is 0 Å². The van der Waals surface area contributed by atoms with Gasteiger partial charge >= 0.3 is 0 Å². The lowest BCUT2D eigenvalue weighted by molar-refractivity contribution is 1.16. The van der Waals surface area contributed by atoms with Gasteiger partial charge < -0.3 is 0 Å². The van der Waals surface area contributed by atoms with Gasteiger partial charge in [0.25, 0.3) is 0 Å². The van der Waals surface area contributed by atoms with Crippen molar-refractivity contribution in [2.24, 2.45) is 0 Å². The molecule has 4 aromatic carbocycles. The third kappa shape index (κ3) is 2.12. The zero-order valence-electron chi connectivity index (χ0n) is 18.9. The van der Waals surface area contributed by atoms with Crippen molar-refractivity contribution in [1.29, 1.82) is 0 Å². The maximum absolute atomic E-state index is 5.08. The average molecular weight is 446 g/mol. The summed E-state index contributed by atoms with van der Waals surface area (Å²) >= 11 is 0. The summed E-state index contributed by atoms with van der Waals surface area (Å²) in [4.78, 5) is 9.95. The van der Waals surface area contributed by atoms with Crippen LogP contribution >= 0.6 is 0 Å². The lowest BCUT2D eigenvalue weighted by Gasteiger charge is -2.13. The Labute approximate surface area is 201 Å². The van der Waals surface area contributed by atoms with Gasteiger partial charge in [-0.15, -0.1) is 0 Å². The maximum atomic E-state index is 5.08. The van der Waals surface area contributed by atoms with E-state index in [2.05, 4.69) is 89.3 Å². The van der Waals surface area contributed by atoms with Crippen LogP contribution in [-0.4, -0.2) is 14.4 Å². The molecule has 0 N–H and O–H groups in total. The van der Waals surface area contributed by atoms with Crippen LogP contribution in [0.3, 0.4) is 0 Å². The van der Waals surface area contributed by atoms with Crippen LogP contribution in [0.25, 0.3) is 60.7 Å². The molecule has 162 valence electrons. The molecule has 3 aromatic heterocycles. The van der Waals surface area contributed by atoms with Crippen LogP contribution in [0.5, 0.6) is 0 Å². The number of benzene rings is 4. The highest BCUT2D eigenvalue weighted by Gasteiger charge is 2.30. The van der Waals surface area contributed by atoms with Crippen LogP contribution in [0.2, 0.25) is 0 Å². The summed E-state index contributed by atoms with van der Waals surface area (Å²) in [6.07, 6.45) is 3.91. The minimum absolute atomic E-state index is 0.971. The van der Waals surface area contributed by atoms with Crippen LogP contribution in [0, 0.1) is 0 Å². The Morgan fingerprint density at radius 2 is 1.40 bits per heavy atom. The first kappa shape index (κ1) is 17.9. The SMILES string of the molecule is c1ccc2c(c1)Cc1c-2ccc2c1Cc1ccc3c(c1-2)c1cccnc1n1c2ccccc2nc31. The number of pyridine rings is 2. The molecule has 0 fully saturated rings. The van der Waals surface area contributed by atoms with Gasteiger partial charge in [-0.25, -0.2) is 9.97 Å². The molecule has 9 rings (SSSR count). The van der Waals surface area contributed by atoms with E-state index in [9.17, 15) is 0 Å². The molecule has 35 heavy (non-hydrogen) atoms. The summed E-state index contributed by atoms with van der Waals surface area (Å²) in [6, 6.07) is 30.8. The summed E-state index contributed by atoms with van der Waals surface area (Å²) < 4.78 is 2.23. The van der Waals surface area contributed by atoms with E-state index in [4.69, 9.17) is 9.97 Å². The van der Waals surface area contributed by atoms with E-state index in [0.717, 1.165) is 35.2 Å². The molecular weight excluding hydrogens is 426 g/mol. The number of aromatic nitrogens is 3. The Kier molecular flexibility index (Phi) is 3.14. The Morgan fingerprint density at radius 1 is 0.600 bits per heavy atom. The Balaban J connectivity index is 1.44. The van der Waals surface area contributed by atoms with Gasteiger partial charge in [0.1, 0.15) is 11.3 Å². The maximum Gasteiger partial charge on any atom is 0.147 e. The Hall–Kier alpha value is -4.50. The summed E-state index contributed by atoms with van der Waals surface area (Å²) in [5.74, 6) is 0. The molecule has 0 radical (unpaired) electrons. The molecule has 2 aliphatic rings. The molecular formula is C32H19N3. The van der Waals surface area contributed by atoms with Crippen molar-refractivity contribution in [3.05, 3.63) is 113 Å². The molecule has 0 spiro atoms. The van der Waals surface area contributed by atoms with E-state index in [0.29, 0.717) is 0 Å². The van der Waals surface area contributed by atoms with Gasteiger partial charge in [-0.05, 0) is 81.6 Å². The van der Waals surface area contributed by atoms with Crippen LogP contribution in [0.15, 0.2) is 91.1 Å². The third-order valence-electron chi connectivity index (χ3n) is 8.10. The van der Waals surface area contributed by atoms with Crippen LogP contribution < -0.4 is 0 Å². The predicted octanol–water partition coefficient (Wildman–Crippen LogP) is 7.33. The molecule has 3 heterocycles. The number of fused-ring (bicyclic) bond motifs is 16. The van der Waals surface area contributed by atoms with E-state index in [-0.39, 0.29) is 0 Å². The van der Waals surface area contributed by atoms with Crippen LogP contribution in [-0.2, 0) is 12.8 Å². The van der Waals surface area contributed by atoms with Gasteiger partial charge in [-0.3, -0.25) is 4.40 Å². The normalized spacial score (nSPS) is 13.5. The van der Waals surface area contributed by atoms with Crippen molar-refractivity contribution < 1.29 is 0 Å². The molecule has 3 heteroatoms. The first-order chi connectivity index (χ1) is 17.4. The largest absolute Gasteiger partial charge is 0.276 e. The fourth-order valence-corrected chi connectivity index (χ4v) is 6.66. The molecule has 2 aliphatic carbocycles. The smallest absolute Gasteiger partial charge is 0.147 e. The standard InChI is InChI=1S/C32H19N3/c1-2-7-20-18(6-1)16-25-21(20)13-14-22-26(25)17-19-11-12-24-30(29(19)22)23-8-5-15-33-31(23)35-28-10-4-3-9-27(28)34-32(24)35/h1-15H,16-17H2. The minimum atomic E-state index is 0.971. The second kappa shape index (κ2) is 6.13. The Morgan fingerprint density at radius 3 is 2.40 bits per heavy atom. The van der Waals surface area contributed by atoms with Gasteiger partial charge in [-0.1, -0.05) is 60.7 Å². The number of rotatable bonds is 0.